The van der Waals surface area contributed by atoms with Gasteiger partial charge in [0.25, 0.3) is 5.85 Å². The van der Waals surface area contributed by atoms with E-state index >= 15 is 0 Å². The summed E-state index contributed by atoms with van der Waals surface area (Å²) in [5.74, 6) is -4.00. The van der Waals surface area contributed by atoms with Gasteiger partial charge in [-0.25, -0.2) is 4.79 Å². The van der Waals surface area contributed by atoms with Gasteiger partial charge in [-0.3, -0.25) is 0 Å². The first-order valence-electron chi connectivity index (χ1n) is 2.19. The zero-order chi connectivity index (χ0) is 8.31. The van der Waals surface area contributed by atoms with Crippen molar-refractivity contribution >= 4 is 62.9 Å². The molecule has 0 aliphatic carbocycles. The molecule has 0 radical (unpaired) electrons. The second kappa shape index (κ2) is 6.53. The van der Waals surface area contributed by atoms with Gasteiger partial charge < -0.3 is 23.1 Å². The number of hydrogen-bond acceptors (Lipinski definition) is 5. The Bertz CT molecular complexity index is 150. The van der Waals surface area contributed by atoms with E-state index in [1.165, 1.54) is 0 Å². The number of aliphatic carboxylic acids is 1. The quantitative estimate of drug-likeness (QED) is 0.398. The van der Waals surface area contributed by atoms with E-state index in [0.29, 0.717) is 0 Å². The minimum Gasteiger partial charge on any atom is -1.00 e. The molecule has 0 spiro atoms. The molecule has 0 bridgehead atoms. The van der Waals surface area contributed by atoms with E-state index in [1.807, 2.05) is 0 Å². The number of aliphatic hydroxyl groups is 2. The maximum Gasteiger partial charge on any atom is 2.00 e. The van der Waals surface area contributed by atoms with Gasteiger partial charge in [-0.2, -0.15) is 0 Å². The van der Waals surface area contributed by atoms with Crippen molar-refractivity contribution in [3.8, 4) is 0 Å². The van der Waals surface area contributed by atoms with Crippen LogP contribution in [-0.2, 0) is 9.36 Å². The molecule has 0 aromatic rings. The summed E-state index contributed by atoms with van der Waals surface area (Å²) in [4.78, 5) is 19.6. The molecule has 0 aliphatic rings. The number of carbonyl (C=O) groups is 1. The second-order valence-electron chi connectivity index (χ2n) is 1.48. The summed E-state index contributed by atoms with van der Waals surface area (Å²) >= 11 is 0. The van der Waals surface area contributed by atoms with Crippen LogP contribution < -0.4 is 4.89 Å². The smallest absolute Gasteiger partial charge is 1.00 e. The summed E-state index contributed by atoms with van der Waals surface area (Å²) in [6.07, 6.45) is -2.26. The molecule has 0 rings (SSSR count). The molecule has 11 heavy (non-hydrogen) atoms. The predicted molar refractivity (Wildman–Crippen MR) is 35.2 cm³/mol. The molecule has 0 saturated carbocycles. The maximum absolute atomic E-state index is 9.81. The van der Waals surface area contributed by atoms with Crippen molar-refractivity contribution < 1.29 is 32.4 Å². The maximum atomic E-state index is 9.81. The van der Waals surface area contributed by atoms with E-state index in [4.69, 9.17) is 15.3 Å². The molecule has 6 nitrogen and oxygen atoms in total. The van der Waals surface area contributed by atoms with Crippen molar-refractivity contribution in [1.29, 1.82) is 0 Å². The SMILES string of the molecule is O=C(O)C(O)C(O)[P+](=O)[O-].[Ba+2].[H-].[H-]. The number of carboxylic acids is 1. The standard InChI is InChI=1S/C3H5O6P.Ba.2H/c4-1(2(5)6)3(7)10(8)9;;;/h1,3-4,7H,(H,5,6);;;/q;+2;2*-1. The zero-order valence-corrected chi connectivity index (χ0v) is 10.7. The normalized spacial score (nSPS) is 16.1. The number of rotatable bonds is 3. The fourth-order valence-corrected chi connectivity index (χ4v) is 0.601. The largest absolute Gasteiger partial charge is 2.00 e. The molecule has 0 saturated heterocycles. The molecule has 8 heteroatoms. The van der Waals surface area contributed by atoms with Crippen LogP contribution in [0.15, 0.2) is 0 Å². The Labute approximate surface area is 106 Å². The summed E-state index contributed by atoms with van der Waals surface area (Å²) in [6.45, 7) is 0. The molecular formula is C3H7BaO6P. The molecule has 0 amide bonds. The van der Waals surface area contributed by atoms with E-state index in [1.54, 1.807) is 0 Å². The molecule has 3 atom stereocenters. The fourth-order valence-electron chi connectivity index (χ4n) is 0.243. The Balaban J connectivity index is -0.000000135. The molecule has 0 aromatic heterocycles. The van der Waals surface area contributed by atoms with E-state index < -0.39 is 25.9 Å². The van der Waals surface area contributed by atoms with Gasteiger partial charge in [0.2, 0.25) is 6.10 Å². The van der Waals surface area contributed by atoms with Crippen molar-refractivity contribution in [2.45, 2.75) is 11.9 Å². The van der Waals surface area contributed by atoms with Gasteiger partial charge in [0.1, 0.15) is 0 Å². The van der Waals surface area contributed by atoms with E-state index in [0.717, 1.165) is 0 Å². The molecule has 3 unspecified atom stereocenters. The Morgan fingerprint density at radius 3 is 2.00 bits per heavy atom. The average molecular weight is 307 g/mol. The molecule has 0 aromatic carbocycles. The van der Waals surface area contributed by atoms with Crippen molar-refractivity contribution in [3.05, 3.63) is 0 Å². The first kappa shape index (κ1) is 14.5. The van der Waals surface area contributed by atoms with Crippen LogP contribution in [0.2, 0.25) is 0 Å². The summed E-state index contributed by atoms with van der Waals surface area (Å²) in [7, 11) is -3.31. The zero-order valence-electron chi connectivity index (χ0n) is 7.38. The predicted octanol–water partition coefficient (Wildman–Crippen LogP) is -2.30. The van der Waals surface area contributed by atoms with Crippen LogP contribution in [0.25, 0.3) is 0 Å². The second-order valence-corrected chi connectivity index (χ2v) is 2.58. The monoisotopic (exact) mass is 308 g/mol. The summed E-state index contributed by atoms with van der Waals surface area (Å²) < 4.78 is 9.81. The molecular weight excluding hydrogens is 300 g/mol. The Kier molecular flexibility index (Phi) is 8.63. The number of hydrogen-bond donors (Lipinski definition) is 3. The van der Waals surface area contributed by atoms with E-state index in [2.05, 4.69) is 0 Å². The van der Waals surface area contributed by atoms with Crippen LogP contribution in [-0.4, -0.2) is 82.1 Å². The topological polar surface area (TPSA) is 118 Å². The van der Waals surface area contributed by atoms with Gasteiger partial charge in [0.05, 0.1) is 0 Å². The van der Waals surface area contributed by atoms with E-state index in [-0.39, 0.29) is 51.7 Å². The van der Waals surface area contributed by atoms with Gasteiger partial charge in [-0.1, -0.05) is 4.57 Å². The molecule has 0 aliphatic heterocycles. The van der Waals surface area contributed by atoms with Gasteiger partial charge >= 0.3 is 62.9 Å². The van der Waals surface area contributed by atoms with Crippen LogP contribution in [0.4, 0.5) is 0 Å². The average Bonchev–Trinajstić information content (AvgIpc) is 1.84. The van der Waals surface area contributed by atoms with Crippen molar-refractivity contribution in [2.24, 2.45) is 0 Å². The molecule has 3 N–H and O–H groups in total. The van der Waals surface area contributed by atoms with Crippen LogP contribution in [0.1, 0.15) is 2.85 Å². The van der Waals surface area contributed by atoms with Gasteiger partial charge in [-0.15, -0.1) is 0 Å². The fraction of sp³-hybridized carbons (Fsp3) is 0.667. The third-order valence-electron chi connectivity index (χ3n) is 0.751. The number of aliphatic hydroxyl groups excluding tert-OH is 2. The Morgan fingerprint density at radius 1 is 1.55 bits per heavy atom. The van der Waals surface area contributed by atoms with Crippen LogP contribution >= 0.6 is 8.03 Å². The first-order chi connectivity index (χ1) is 4.46. The molecule has 62 valence electrons. The van der Waals surface area contributed by atoms with Crippen LogP contribution in [0.3, 0.4) is 0 Å². The van der Waals surface area contributed by atoms with Gasteiger partial charge in [0, 0.05) is 0 Å². The number of carboxylic acid groups (broad SMARTS) is 1. The summed E-state index contributed by atoms with van der Waals surface area (Å²) in [5.41, 5.74) is 0. The van der Waals surface area contributed by atoms with Crippen molar-refractivity contribution in [2.75, 3.05) is 0 Å². The Morgan fingerprint density at radius 2 is 1.91 bits per heavy atom. The van der Waals surface area contributed by atoms with E-state index in [9.17, 15) is 14.3 Å². The summed E-state index contributed by atoms with van der Waals surface area (Å²) in [6, 6.07) is 0. The molecule has 0 fully saturated rings. The van der Waals surface area contributed by atoms with Gasteiger partial charge in [-0.05, 0) is 0 Å². The third kappa shape index (κ3) is 5.29. The Hall–Kier alpha value is 1.02. The van der Waals surface area contributed by atoms with Crippen molar-refractivity contribution in [3.63, 3.8) is 0 Å². The minimum absolute atomic E-state index is 0. The minimum atomic E-state index is -3.31. The van der Waals surface area contributed by atoms with Gasteiger partial charge in [0.15, 0.2) is 0 Å². The molecule has 0 heterocycles. The van der Waals surface area contributed by atoms with Crippen LogP contribution in [0, 0.1) is 0 Å². The third-order valence-corrected chi connectivity index (χ3v) is 1.47. The summed E-state index contributed by atoms with van der Waals surface area (Å²) in [5, 5.41) is 24.6. The first-order valence-corrected chi connectivity index (χ1v) is 3.44. The van der Waals surface area contributed by atoms with Crippen LogP contribution in [0.5, 0.6) is 0 Å². The van der Waals surface area contributed by atoms with Crippen molar-refractivity contribution in [1.82, 2.24) is 0 Å².